The van der Waals surface area contributed by atoms with Gasteiger partial charge in [-0.1, -0.05) is 15.9 Å². The molecular weight excluding hydrogens is 302 g/mol. The minimum Gasteiger partial charge on any atom is -0.493 e. The van der Waals surface area contributed by atoms with Gasteiger partial charge in [0.15, 0.2) is 11.5 Å². The Morgan fingerprint density at radius 1 is 1.33 bits per heavy atom. The van der Waals surface area contributed by atoms with Crippen molar-refractivity contribution < 1.29 is 19.0 Å². The van der Waals surface area contributed by atoms with Crippen LogP contribution in [0.1, 0.15) is 5.56 Å². The van der Waals surface area contributed by atoms with Crippen LogP contribution in [0, 0.1) is 0 Å². The molecule has 0 heterocycles. The maximum Gasteiger partial charge on any atom is 0.322 e. The van der Waals surface area contributed by atoms with E-state index in [4.69, 9.17) is 15.2 Å². The van der Waals surface area contributed by atoms with Crippen molar-refractivity contribution in [3.05, 3.63) is 22.2 Å². The second-order valence-corrected chi connectivity index (χ2v) is 4.45. The van der Waals surface area contributed by atoms with Crippen LogP contribution in [0.3, 0.4) is 0 Å². The third-order valence-electron chi connectivity index (χ3n) is 2.52. The van der Waals surface area contributed by atoms with E-state index in [1.54, 1.807) is 13.2 Å². The molecule has 2 N–H and O–H groups in total. The monoisotopic (exact) mass is 317 g/mol. The Labute approximate surface area is 114 Å². The average Bonchev–Trinajstić information content (AvgIpc) is 2.39. The molecule has 100 valence electrons. The number of ether oxygens (including phenoxy) is 3. The molecule has 0 fully saturated rings. The molecule has 0 amide bonds. The molecule has 5 nitrogen and oxygen atoms in total. The molecule has 0 aromatic heterocycles. The van der Waals surface area contributed by atoms with Gasteiger partial charge in [0.1, 0.15) is 6.04 Å². The number of hydrogen-bond acceptors (Lipinski definition) is 5. The summed E-state index contributed by atoms with van der Waals surface area (Å²) in [6.07, 6.45) is 0.299. The first-order valence-electron chi connectivity index (χ1n) is 5.27. The van der Waals surface area contributed by atoms with Gasteiger partial charge in [-0.2, -0.15) is 0 Å². The summed E-state index contributed by atoms with van der Waals surface area (Å²) in [6, 6.07) is 2.85. The highest BCUT2D eigenvalue weighted by atomic mass is 79.9. The number of nitrogens with two attached hydrogens (primary N) is 1. The number of rotatable bonds is 5. The van der Waals surface area contributed by atoms with E-state index in [1.807, 2.05) is 6.07 Å². The summed E-state index contributed by atoms with van der Waals surface area (Å²) >= 11 is 3.41. The number of methoxy groups -OCH3 is 3. The van der Waals surface area contributed by atoms with Crippen molar-refractivity contribution in [3.63, 3.8) is 0 Å². The summed E-state index contributed by atoms with van der Waals surface area (Å²) in [5.41, 5.74) is 6.52. The number of hydrogen-bond donors (Lipinski definition) is 1. The van der Waals surface area contributed by atoms with E-state index >= 15 is 0 Å². The molecule has 1 aromatic carbocycles. The Kier molecular flexibility index (Phi) is 5.43. The first-order valence-corrected chi connectivity index (χ1v) is 6.07. The highest BCUT2D eigenvalue weighted by molar-refractivity contribution is 9.10. The van der Waals surface area contributed by atoms with Crippen molar-refractivity contribution in [3.8, 4) is 11.5 Å². The van der Waals surface area contributed by atoms with Crippen LogP contribution in [-0.2, 0) is 16.0 Å². The summed E-state index contributed by atoms with van der Waals surface area (Å²) in [4.78, 5) is 11.3. The zero-order chi connectivity index (χ0) is 13.7. The lowest BCUT2D eigenvalue weighted by atomic mass is 10.0. The lowest BCUT2D eigenvalue weighted by Gasteiger charge is -2.16. The van der Waals surface area contributed by atoms with Gasteiger partial charge in [0.2, 0.25) is 0 Å². The summed E-state index contributed by atoms with van der Waals surface area (Å²) < 4.78 is 15.9. The number of carbonyl (C=O) groups excluding carboxylic acids is 1. The van der Waals surface area contributed by atoms with Crippen LogP contribution in [0.2, 0.25) is 0 Å². The minimum absolute atomic E-state index is 0.299. The van der Waals surface area contributed by atoms with Gasteiger partial charge in [0.05, 0.1) is 21.3 Å². The van der Waals surface area contributed by atoms with Crippen LogP contribution in [-0.4, -0.2) is 33.3 Å². The molecule has 0 bridgehead atoms. The van der Waals surface area contributed by atoms with Crippen LogP contribution in [0.15, 0.2) is 16.6 Å². The predicted octanol–water partition coefficient (Wildman–Crippen LogP) is 1.51. The van der Waals surface area contributed by atoms with E-state index in [2.05, 4.69) is 20.7 Å². The topological polar surface area (TPSA) is 70.8 Å². The molecule has 0 aliphatic carbocycles. The van der Waals surface area contributed by atoms with Crippen molar-refractivity contribution in [1.82, 2.24) is 0 Å². The summed E-state index contributed by atoms with van der Waals surface area (Å²) in [6.45, 7) is 0. The van der Waals surface area contributed by atoms with Crippen molar-refractivity contribution >= 4 is 21.9 Å². The Balaban J connectivity index is 3.10. The van der Waals surface area contributed by atoms with Crippen LogP contribution >= 0.6 is 15.9 Å². The van der Waals surface area contributed by atoms with Gasteiger partial charge >= 0.3 is 5.97 Å². The molecule has 6 heteroatoms. The second kappa shape index (κ2) is 6.61. The van der Waals surface area contributed by atoms with Gasteiger partial charge in [-0.05, 0) is 12.1 Å². The lowest BCUT2D eigenvalue weighted by molar-refractivity contribution is -0.142. The van der Waals surface area contributed by atoms with Crippen molar-refractivity contribution in [2.24, 2.45) is 5.73 Å². The third kappa shape index (κ3) is 3.14. The van der Waals surface area contributed by atoms with Gasteiger partial charge in [0.25, 0.3) is 0 Å². The molecule has 1 atom stereocenters. The molecule has 0 aliphatic rings. The number of halogens is 1. The molecular formula is C12H16BrNO4. The molecule has 18 heavy (non-hydrogen) atoms. The first-order chi connectivity index (χ1) is 8.54. The minimum atomic E-state index is -0.743. The molecule has 1 unspecified atom stereocenters. The van der Waals surface area contributed by atoms with Gasteiger partial charge in [-0.3, -0.25) is 4.79 Å². The summed E-state index contributed by atoms with van der Waals surface area (Å²) in [5.74, 6) is 0.686. The highest BCUT2D eigenvalue weighted by Crippen LogP contribution is 2.36. The Morgan fingerprint density at radius 3 is 2.50 bits per heavy atom. The largest absolute Gasteiger partial charge is 0.493 e. The predicted molar refractivity (Wildman–Crippen MR) is 70.9 cm³/mol. The maximum absolute atomic E-state index is 11.3. The van der Waals surface area contributed by atoms with Gasteiger partial charge in [-0.15, -0.1) is 0 Å². The van der Waals surface area contributed by atoms with E-state index in [1.165, 1.54) is 14.2 Å². The number of benzene rings is 1. The standard InChI is InChI=1S/C12H16BrNO4/c1-16-10-5-4-8(13)7(11(10)17-2)6-9(14)12(15)18-3/h4-5,9H,6,14H2,1-3H3. The van der Waals surface area contributed by atoms with Crippen molar-refractivity contribution in [1.29, 1.82) is 0 Å². The van der Waals surface area contributed by atoms with Crippen molar-refractivity contribution in [2.75, 3.05) is 21.3 Å². The van der Waals surface area contributed by atoms with Gasteiger partial charge in [0, 0.05) is 16.5 Å². The van der Waals surface area contributed by atoms with Crippen molar-refractivity contribution in [2.45, 2.75) is 12.5 Å². The summed E-state index contributed by atoms with van der Waals surface area (Å²) in [7, 11) is 4.40. The fourth-order valence-electron chi connectivity index (χ4n) is 1.61. The zero-order valence-electron chi connectivity index (χ0n) is 10.5. The second-order valence-electron chi connectivity index (χ2n) is 3.60. The molecule has 1 aromatic rings. The van der Waals surface area contributed by atoms with E-state index in [-0.39, 0.29) is 0 Å². The molecule has 0 radical (unpaired) electrons. The number of carbonyl (C=O) groups is 1. The molecule has 1 rings (SSSR count). The van der Waals surface area contributed by atoms with Gasteiger partial charge < -0.3 is 19.9 Å². The Morgan fingerprint density at radius 2 is 2.00 bits per heavy atom. The Bertz CT molecular complexity index is 436. The van der Waals surface area contributed by atoms with E-state index < -0.39 is 12.0 Å². The van der Waals surface area contributed by atoms with E-state index in [0.29, 0.717) is 17.9 Å². The quantitative estimate of drug-likeness (QED) is 0.833. The first kappa shape index (κ1) is 14.8. The molecule has 0 aliphatic heterocycles. The molecule has 0 saturated heterocycles. The number of esters is 1. The smallest absolute Gasteiger partial charge is 0.322 e. The van der Waals surface area contributed by atoms with Gasteiger partial charge in [-0.25, -0.2) is 0 Å². The maximum atomic E-state index is 11.3. The SMILES string of the molecule is COC(=O)C(N)Cc1c(Br)ccc(OC)c1OC. The van der Waals surface area contributed by atoms with E-state index in [9.17, 15) is 4.79 Å². The fraction of sp³-hybridized carbons (Fsp3) is 0.417. The molecule has 0 saturated carbocycles. The van der Waals surface area contributed by atoms with E-state index in [0.717, 1.165) is 10.0 Å². The van der Waals surface area contributed by atoms with Crippen LogP contribution in [0.4, 0.5) is 0 Å². The zero-order valence-corrected chi connectivity index (χ0v) is 12.1. The molecule has 0 spiro atoms. The fourth-order valence-corrected chi connectivity index (χ4v) is 2.09. The van der Waals surface area contributed by atoms with Crippen LogP contribution in [0.25, 0.3) is 0 Å². The van der Waals surface area contributed by atoms with Crippen LogP contribution < -0.4 is 15.2 Å². The van der Waals surface area contributed by atoms with Crippen LogP contribution in [0.5, 0.6) is 11.5 Å². The Hall–Kier alpha value is -1.27. The summed E-state index contributed by atoms with van der Waals surface area (Å²) in [5, 5.41) is 0. The lowest BCUT2D eigenvalue weighted by Crippen LogP contribution is -2.33. The highest BCUT2D eigenvalue weighted by Gasteiger charge is 2.21. The third-order valence-corrected chi connectivity index (χ3v) is 3.26. The normalized spacial score (nSPS) is 11.8. The average molecular weight is 318 g/mol.